The van der Waals surface area contributed by atoms with Gasteiger partial charge >= 0.3 is 0 Å². The molecule has 5 heteroatoms. The summed E-state index contributed by atoms with van der Waals surface area (Å²) in [5.41, 5.74) is 0.483. The van der Waals surface area contributed by atoms with Crippen LogP contribution < -0.4 is 0 Å². The third-order valence-electron chi connectivity index (χ3n) is 2.73. The Morgan fingerprint density at radius 3 is 2.29 bits per heavy atom. The quantitative estimate of drug-likeness (QED) is 0.786. The monoisotopic (exact) mass is 274 g/mol. The smallest absolute Gasteiger partial charge is 0.254 e. The largest absolute Gasteiger partial charge is 0.336 e. The Balaban J connectivity index is 3.01. The highest BCUT2D eigenvalue weighted by Gasteiger charge is 2.19. The van der Waals surface area contributed by atoms with E-state index >= 15 is 0 Å². The van der Waals surface area contributed by atoms with Gasteiger partial charge in [-0.1, -0.05) is 30.1 Å². The summed E-state index contributed by atoms with van der Waals surface area (Å²) in [5, 5.41) is 0.474. The number of nitrogens with zero attached hydrogens (tertiary/aromatic N) is 2. The van der Waals surface area contributed by atoms with Gasteiger partial charge in [0.15, 0.2) is 0 Å². The summed E-state index contributed by atoms with van der Waals surface area (Å²) in [6.45, 7) is 6.68. The van der Waals surface area contributed by atoms with Gasteiger partial charge in [-0.2, -0.15) is 0 Å². The van der Waals surface area contributed by atoms with Gasteiger partial charge in [0.2, 0.25) is 0 Å². The van der Waals surface area contributed by atoms with E-state index in [1.807, 2.05) is 20.8 Å². The SMILES string of the molecule is CCC(C)N(CC)C(=O)c1cc(Cl)nc(Cl)c1. The topological polar surface area (TPSA) is 33.2 Å². The second kappa shape index (κ2) is 6.22. The lowest BCUT2D eigenvalue weighted by Gasteiger charge is -2.27. The van der Waals surface area contributed by atoms with Gasteiger partial charge < -0.3 is 4.90 Å². The van der Waals surface area contributed by atoms with Crippen molar-refractivity contribution in [1.29, 1.82) is 0 Å². The zero-order chi connectivity index (χ0) is 13.0. The molecule has 0 N–H and O–H groups in total. The Labute approximate surface area is 112 Å². The molecule has 0 bridgehead atoms. The van der Waals surface area contributed by atoms with Crippen molar-refractivity contribution in [3.8, 4) is 0 Å². The van der Waals surface area contributed by atoms with Crippen molar-refractivity contribution < 1.29 is 4.79 Å². The number of pyridine rings is 1. The molecule has 1 aromatic rings. The van der Waals surface area contributed by atoms with E-state index in [-0.39, 0.29) is 22.3 Å². The summed E-state index contributed by atoms with van der Waals surface area (Å²) in [7, 11) is 0. The summed E-state index contributed by atoms with van der Waals surface area (Å²) in [5.74, 6) is -0.0620. The van der Waals surface area contributed by atoms with Crippen LogP contribution in [0.1, 0.15) is 37.6 Å². The van der Waals surface area contributed by atoms with E-state index in [4.69, 9.17) is 23.2 Å². The van der Waals surface area contributed by atoms with Crippen LogP contribution in [0, 0.1) is 0 Å². The molecule has 1 unspecified atom stereocenters. The average molecular weight is 275 g/mol. The van der Waals surface area contributed by atoms with E-state index in [2.05, 4.69) is 4.98 Å². The molecule has 0 spiro atoms. The van der Waals surface area contributed by atoms with Gasteiger partial charge in [0.1, 0.15) is 10.3 Å². The molecule has 17 heavy (non-hydrogen) atoms. The molecule has 3 nitrogen and oxygen atoms in total. The van der Waals surface area contributed by atoms with Gasteiger partial charge in [-0.25, -0.2) is 4.98 Å². The van der Waals surface area contributed by atoms with Crippen LogP contribution >= 0.6 is 23.2 Å². The Kier molecular flexibility index (Phi) is 5.22. The van der Waals surface area contributed by atoms with Crippen LogP contribution in [0.4, 0.5) is 0 Å². The first-order valence-electron chi connectivity index (χ1n) is 5.63. The zero-order valence-electron chi connectivity index (χ0n) is 10.2. The van der Waals surface area contributed by atoms with E-state index < -0.39 is 0 Å². The van der Waals surface area contributed by atoms with Crippen molar-refractivity contribution in [2.45, 2.75) is 33.2 Å². The van der Waals surface area contributed by atoms with Crippen LogP contribution in [-0.4, -0.2) is 28.4 Å². The highest BCUT2D eigenvalue weighted by molar-refractivity contribution is 6.33. The number of aromatic nitrogens is 1. The molecular weight excluding hydrogens is 259 g/mol. The standard InChI is InChI=1S/C12H16Cl2N2O/c1-4-8(3)16(5-2)12(17)9-6-10(13)15-11(14)7-9/h6-8H,4-5H2,1-3H3. The van der Waals surface area contributed by atoms with Crippen molar-refractivity contribution in [2.75, 3.05) is 6.54 Å². The van der Waals surface area contributed by atoms with Crippen molar-refractivity contribution in [3.63, 3.8) is 0 Å². The molecule has 0 aliphatic heterocycles. The molecule has 1 atom stereocenters. The summed E-state index contributed by atoms with van der Waals surface area (Å²) < 4.78 is 0. The third kappa shape index (κ3) is 3.58. The second-order valence-corrected chi connectivity index (χ2v) is 4.62. The number of hydrogen-bond acceptors (Lipinski definition) is 2. The van der Waals surface area contributed by atoms with Crippen molar-refractivity contribution in [2.24, 2.45) is 0 Å². The first kappa shape index (κ1) is 14.3. The molecule has 0 fully saturated rings. The van der Waals surface area contributed by atoms with Gasteiger partial charge in [0.25, 0.3) is 5.91 Å². The van der Waals surface area contributed by atoms with E-state index in [1.165, 1.54) is 0 Å². The first-order chi connectivity index (χ1) is 7.99. The van der Waals surface area contributed by atoms with E-state index in [0.29, 0.717) is 12.1 Å². The Hall–Kier alpha value is -0.800. The lowest BCUT2D eigenvalue weighted by atomic mass is 10.1. The maximum atomic E-state index is 12.3. The molecule has 0 aromatic carbocycles. The fourth-order valence-corrected chi connectivity index (χ4v) is 2.09. The van der Waals surface area contributed by atoms with Gasteiger partial charge in [0.05, 0.1) is 0 Å². The summed E-state index contributed by atoms with van der Waals surface area (Å²) in [6.07, 6.45) is 0.909. The molecule has 1 rings (SSSR count). The van der Waals surface area contributed by atoms with Crippen LogP contribution in [0.3, 0.4) is 0 Å². The highest BCUT2D eigenvalue weighted by Crippen LogP contribution is 2.17. The van der Waals surface area contributed by atoms with Crippen LogP contribution in [0.15, 0.2) is 12.1 Å². The number of carbonyl (C=O) groups is 1. The maximum Gasteiger partial charge on any atom is 0.254 e. The number of carbonyl (C=O) groups excluding carboxylic acids is 1. The Bertz CT molecular complexity index is 389. The Morgan fingerprint density at radius 2 is 1.88 bits per heavy atom. The molecule has 94 valence electrons. The van der Waals surface area contributed by atoms with Crippen molar-refractivity contribution in [3.05, 3.63) is 28.0 Å². The van der Waals surface area contributed by atoms with Crippen molar-refractivity contribution >= 4 is 29.1 Å². The third-order valence-corrected chi connectivity index (χ3v) is 3.12. The fraction of sp³-hybridized carbons (Fsp3) is 0.500. The maximum absolute atomic E-state index is 12.3. The number of hydrogen-bond donors (Lipinski definition) is 0. The van der Waals surface area contributed by atoms with Crippen LogP contribution in [0.5, 0.6) is 0 Å². The predicted octanol–water partition coefficient (Wildman–Crippen LogP) is 3.65. The van der Waals surface area contributed by atoms with Crippen LogP contribution in [0.25, 0.3) is 0 Å². The van der Waals surface area contributed by atoms with E-state index in [1.54, 1.807) is 17.0 Å². The normalized spacial score (nSPS) is 12.3. The predicted molar refractivity (Wildman–Crippen MR) is 70.7 cm³/mol. The molecule has 0 saturated heterocycles. The lowest BCUT2D eigenvalue weighted by Crippen LogP contribution is -2.38. The fourth-order valence-electron chi connectivity index (χ4n) is 1.63. The average Bonchev–Trinajstić information content (AvgIpc) is 2.28. The zero-order valence-corrected chi connectivity index (χ0v) is 11.7. The minimum Gasteiger partial charge on any atom is -0.336 e. The Morgan fingerprint density at radius 1 is 1.35 bits per heavy atom. The summed E-state index contributed by atoms with van der Waals surface area (Å²) >= 11 is 11.6. The van der Waals surface area contributed by atoms with E-state index in [0.717, 1.165) is 6.42 Å². The molecule has 1 amide bonds. The van der Waals surface area contributed by atoms with Gasteiger partial charge in [-0.15, -0.1) is 0 Å². The molecule has 0 radical (unpaired) electrons. The minimum atomic E-state index is -0.0620. The molecule has 0 aliphatic rings. The van der Waals surface area contributed by atoms with Gasteiger partial charge in [-0.3, -0.25) is 4.79 Å². The number of rotatable bonds is 4. The van der Waals surface area contributed by atoms with Crippen LogP contribution in [-0.2, 0) is 0 Å². The van der Waals surface area contributed by atoms with E-state index in [9.17, 15) is 4.79 Å². The summed E-state index contributed by atoms with van der Waals surface area (Å²) in [4.78, 5) is 17.9. The van der Waals surface area contributed by atoms with Crippen molar-refractivity contribution in [1.82, 2.24) is 9.88 Å². The van der Waals surface area contributed by atoms with Gasteiger partial charge in [0, 0.05) is 18.2 Å². The number of amides is 1. The summed E-state index contributed by atoms with van der Waals surface area (Å²) in [6, 6.07) is 3.28. The molecule has 0 saturated carbocycles. The molecule has 1 heterocycles. The molecule has 1 aromatic heterocycles. The van der Waals surface area contributed by atoms with Gasteiger partial charge in [-0.05, 0) is 32.4 Å². The number of halogens is 2. The highest BCUT2D eigenvalue weighted by atomic mass is 35.5. The molecule has 0 aliphatic carbocycles. The molecular formula is C12H16Cl2N2O. The van der Waals surface area contributed by atoms with Crippen LogP contribution in [0.2, 0.25) is 10.3 Å². The lowest BCUT2D eigenvalue weighted by molar-refractivity contribution is 0.0700. The minimum absolute atomic E-state index is 0.0620. The first-order valence-corrected chi connectivity index (χ1v) is 6.39. The second-order valence-electron chi connectivity index (χ2n) is 3.85.